The van der Waals surface area contributed by atoms with E-state index in [-0.39, 0.29) is 0 Å². The number of rotatable bonds is 1. The first-order valence-corrected chi connectivity index (χ1v) is 4.26. The van der Waals surface area contributed by atoms with Crippen LogP contribution in [0.3, 0.4) is 0 Å². The second kappa shape index (κ2) is 3.36. The third-order valence-electron chi connectivity index (χ3n) is 1.97. The molecule has 3 nitrogen and oxygen atoms in total. The number of hydrogen-bond donors (Lipinski definition) is 0. The normalized spacial score (nSPS) is 21.0. The smallest absolute Gasteiger partial charge is 0.200 e. The fraction of sp³-hybridized carbons (Fsp3) is 0.222. The lowest BCUT2D eigenvalue weighted by molar-refractivity contribution is -0.118. The van der Waals surface area contributed by atoms with Crippen LogP contribution in [0.4, 0.5) is 5.69 Å². The molecular formula is C9H8ClNO2. The summed E-state index contributed by atoms with van der Waals surface area (Å²) >= 11 is 5.89. The Morgan fingerprint density at radius 3 is 3.08 bits per heavy atom. The molecule has 13 heavy (non-hydrogen) atoms. The molecule has 4 heteroatoms. The highest BCUT2D eigenvalue weighted by Gasteiger charge is 2.24. The van der Waals surface area contributed by atoms with Crippen LogP contribution in [-0.2, 0) is 16.1 Å². The summed E-state index contributed by atoms with van der Waals surface area (Å²) in [7, 11) is 0. The summed E-state index contributed by atoms with van der Waals surface area (Å²) in [6.45, 7) is 0.433. The average Bonchev–Trinajstić information content (AvgIpc) is 2.19. The lowest BCUT2D eigenvalue weighted by atomic mass is 10.1. The van der Waals surface area contributed by atoms with Crippen LogP contribution >= 0.6 is 11.8 Å². The molecule has 1 unspecified atom stereocenters. The van der Waals surface area contributed by atoms with Crippen LogP contribution in [0.15, 0.2) is 24.3 Å². The molecule has 1 heterocycles. The van der Waals surface area contributed by atoms with Crippen LogP contribution in [0.25, 0.3) is 0 Å². The van der Waals surface area contributed by atoms with Gasteiger partial charge in [0.1, 0.15) is 0 Å². The molecule has 1 aromatic carbocycles. The predicted octanol–water partition coefficient (Wildman–Crippen LogP) is 1.70. The second-order valence-electron chi connectivity index (χ2n) is 2.78. The van der Waals surface area contributed by atoms with Gasteiger partial charge in [-0.25, -0.2) is 4.42 Å². The number of nitrogens with zero attached hydrogens (tertiary/aromatic N) is 1. The molecule has 1 aliphatic heterocycles. The van der Waals surface area contributed by atoms with E-state index in [1.807, 2.05) is 24.3 Å². The van der Waals surface area contributed by atoms with Gasteiger partial charge in [-0.3, -0.25) is 4.79 Å². The summed E-state index contributed by atoms with van der Waals surface area (Å²) in [5.41, 5.74) is 1.84. The summed E-state index contributed by atoms with van der Waals surface area (Å²) in [5, 5.41) is 0. The minimum atomic E-state index is -0.670. The number of fused-ring (bicyclic) bond motifs is 1. The van der Waals surface area contributed by atoms with Crippen molar-refractivity contribution in [3.63, 3.8) is 0 Å². The molecule has 1 atom stereocenters. The largest absolute Gasteiger partial charge is 0.345 e. The van der Waals surface area contributed by atoms with E-state index in [9.17, 15) is 4.79 Å². The highest BCUT2D eigenvalue weighted by atomic mass is 35.5. The van der Waals surface area contributed by atoms with Crippen molar-refractivity contribution in [2.45, 2.75) is 12.8 Å². The van der Waals surface area contributed by atoms with Crippen LogP contribution in [0.1, 0.15) is 5.56 Å². The molecule has 1 aliphatic rings. The highest BCUT2D eigenvalue weighted by molar-refractivity contribution is 6.27. The minimum Gasteiger partial charge on any atom is -0.345 e. The number of anilines is 1. The van der Waals surface area contributed by atoms with Crippen molar-refractivity contribution in [1.82, 2.24) is 0 Å². The van der Waals surface area contributed by atoms with Gasteiger partial charge in [0, 0.05) is 17.3 Å². The third kappa shape index (κ3) is 1.41. The lowest BCUT2D eigenvalue weighted by Gasteiger charge is -2.29. The molecule has 0 bridgehead atoms. The maximum Gasteiger partial charge on any atom is 0.200 e. The van der Waals surface area contributed by atoms with E-state index in [1.54, 1.807) is 0 Å². The standard InChI is InChI=1S/C9H8ClNO2/c10-11-8-4-2-1-3-7(8)6-13-9(11)5-12/h1-5,9H,6H2. The van der Waals surface area contributed by atoms with Gasteiger partial charge >= 0.3 is 0 Å². The van der Waals surface area contributed by atoms with E-state index in [0.717, 1.165) is 11.3 Å². The molecule has 1 aromatic rings. The number of ether oxygens (including phenoxy) is 1. The van der Waals surface area contributed by atoms with Gasteiger partial charge < -0.3 is 4.74 Å². The zero-order valence-corrected chi connectivity index (χ0v) is 7.57. The van der Waals surface area contributed by atoms with Gasteiger partial charge in [-0.2, -0.15) is 0 Å². The van der Waals surface area contributed by atoms with Crippen molar-refractivity contribution in [1.29, 1.82) is 0 Å². The minimum absolute atomic E-state index is 0.433. The van der Waals surface area contributed by atoms with E-state index >= 15 is 0 Å². The van der Waals surface area contributed by atoms with Crippen molar-refractivity contribution in [2.24, 2.45) is 0 Å². The Labute approximate surface area is 81.0 Å². The van der Waals surface area contributed by atoms with Crippen LogP contribution in [0, 0.1) is 0 Å². The van der Waals surface area contributed by atoms with Gasteiger partial charge in [0.2, 0.25) is 6.23 Å². The summed E-state index contributed by atoms with van der Waals surface area (Å²) < 4.78 is 6.50. The van der Waals surface area contributed by atoms with Gasteiger partial charge in [0.25, 0.3) is 0 Å². The Morgan fingerprint density at radius 2 is 2.31 bits per heavy atom. The van der Waals surface area contributed by atoms with Crippen LogP contribution in [-0.4, -0.2) is 12.5 Å². The summed E-state index contributed by atoms with van der Waals surface area (Å²) in [6.07, 6.45) is 0.0136. The Balaban J connectivity index is 2.38. The van der Waals surface area contributed by atoms with Gasteiger partial charge in [-0.15, -0.1) is 0 Å². The van der Waals surface area contributed by atoms with Crippen LogP contribution in [0.5, 0.6) is 0 Å². The van der Waals surface area contributed by atoms with E-state index in [4.69, 9.17) is 16.5 Å². The highest BCUT2D eigenvalue weighted by Crippen LogP contribution is 2.29. The number of hydrogen-bond acceptors (Lipinski definition) is 3. The van der Waals surface area contributed by atoms with Gasteiger partial charge in [-0.1, -0.05) is 18.2 Å². The maximum absolute atomic E-state index is 10.5. The van der Waals surface area contributed by atoms with E-state index < -0.39 is 6.23 Å². The van der Waals surface area contributed by atoms with Gasteiger partial charge in [-0.05, 0) is 6.07 Å². The van der Waals surface area contributed by atoms with Crippen molar-refractivity contribution < 1.29 is 9.53 Å². The second-order valence-corrected chi connectivity index (χ2v) is 3.14. The maximum atomic E-state index is 10.5. The molecule has 0 spiro atoms. The zero-order valence-electron chi connectivity index (χ0n) is 6.81. The topological polar surface area (TPSA) is 29.5 Å². The molecule has 0 amide bonds. The van der Waals surface area contributed by atoms with Crippen molar-refractivity contribution in [3.8, 4) is 0 Å². The molecule has 0 saturated heterocycles. The number of halogens is 1. The Morgan fingerprint density at radius 1 is 1.54 bits per heavy atom. The summed E-state index contributed by atoms with van der Waals surface area (Å²) in [6, 6.07) is 7.57. The van der Waals surface area contributed by atoms with E-state index in [1.165, 1.54) is 4.42 Å². The molecule has 0 fully saturated rings. The van der Waals surface area contributed by atoms with Crippen LogP contribution in [0.2, 0.25) is 0 Å². The summed E-state index contributed by atoms with van der Waals surface area (Å²) in [4.78, 5) is 10.5. The number of aldehydes is 1. The molecule has 0 aromatic heterocycles. The van der Waals surface area contributed by atoms with Gasteiger partial charge in [0.15, 0.2) is 6.29 Å². The molecular weight excluding hydrogens is 190 g/mol. The monoisotopic (exact) mass is 197 g/mol. The number of para-hydroxylation sites is 1. The number of carbonyl (C=O) groups excluding carboxylic acids is 1. The quantitative estimate of drug-likeness (QED) is 0.507. The Bertz CT molecular complexity index is 329. The number of carbonyl (C=O) groups is 1. The van der Waals surface area contributed by atoms with E-state index in [2.05, 4.69) is 0 Å². The van der Waals surface area contributed by atoms with Crippen LogP contribution < -0.4 is 4.42 Å². The molecule has 0 radical (unpaired) electrons. The SMILES string of the molecule is O=CC1OCc2ccccc2N1Cl. The van der Waals surface area contributed by atoms with E-state index in [0.29, 0.717) is 12.9 Å². The summed E-state index contributed by atoms with van der Waals surface area (Å²) in [5.74, 6) is 0. The Hall–Kier alpha value is -1.06. The van der Waals surface area contributed by atoms with Crippen molar-refractivity contribution in [2.75, 3.05) is 4.42 Å². The van der Waals surface area contributed by atoms with Crippen molar-refractivity contribution >= 4 is 23.8 Å². The zero-order chi connectivity index (χ0) is 9.26. The molecule has 2 rings (SSSR count). The fourth-order valence-electron chi connectivity index (χ4n) is 1.31. The lowest BCUT2D eigenvalue weighted by Crippen LogP contribution is -2.35. The first-order valence-electron chi connectivity index (χ1n) is 3.93. The molecule has 0 N–H and O–H groups in total. The first-order chi connectivity index (χ1) is 6.33. The molecule has 68 valence electrons. The molecule has 0 saturated carbocycles. The Kier molecular flexibility index (Phi) is 2.20. The van der Waals surface area contributed by atoms with Crippen molar-refractivity contribution in [3.05, 3.63) is 29.8 Å². The predicted molar refractivity (Wildman–Crippen MR) is 49.4 cm³/mol. The number of benzene rings is 1. The van der Waals surface area contributed by atoms with Gasteiger partial charge in [0.05, 0.1) is 12.3 Å². The first kappa shape index (κ1) is 8.53. The molecule has 0 aliphatic carbocycles. The average molecular weight is 198 g/mol. The fourth-order valence-corrected chi connectivity index (χ4v) is 1.58. The third-order valence-corrected chi connectivity index (χ3v) is 2.35.